The van der Waals surface area contributed by atoms with Crippen LogP contribution in [0.15, 0.2) is 24.3 Å². The van der Waals surface area contributed by atoms with E-state index >= 15 is 0 Å². The lowest BCUT2D eigenvalue weighted by atomic mass is 10.1. The number of rotatable bonds is 15. The fourth-order valence-electron chi connectivity index (χ4n) is 2.47. The molecule has 0 saturated heterocycles. The van der Waals surface area contributed by atoms with Crippen LogP contribution in [-0.4, -0.2) is 12.1 Å². The Balaban J connectivity index is 3.19. The predicted octanol–water partition coefficient (Wildman–Crippen LogP) is 6.75. The summed E-state index contributed by atoms with van der Waals surface area (Å²) in [5.41, 5.74) is 0. The molecule has 0 aromatic heterocycles. The van der Waals surface area contributed by atoms with Crippen LogP contribution in [0.3, 0.4) is 0 Å². The fraction of sp³-hybridized carbons (Fsp3) is 0.762. The van der Waals surface area contributed by atoms with Gasteiger partial charge in [-0.15, -0.1) is 0 Å². The zero-order chi connectivity index (χ0) is 17.2. The molecular formula is C21H38O2. The van der Waals surface area contributed by atoms with Crippen LogP contribution in [0.25, 0.3) is 0 Å². The van der Waals surface area contributed by atoms with E-state index in [1.165, 1.54) is 44.9 Å². The summed E-state index contributed by atoms with van der Waals surface area (Å²) in [6, 6.07) is 0. The second kappa shape index (κ2) is 17.3. The van der Waals surface area contributed by atoms with Crippen LogP contribution in [0.2, 0.25) is 0 Å². The average Bonchev–Trinajstić information content (AvgIpc) is 2.50. The maximum atomic E-state index is 11.4. The summed E-state index contributed by atoms with van der Waals surface area (Å²) in [6.45, 7) is 5.97. The summed E-state index contributed by atoms with van der Waals surface area (Å²) in [5.74, 6) is -0.0433. The lowest BCUT2D eigenvalue weighted by Gasteiger charge is -2.07. The zero-order valence-electron chi connectivity index (χ0n) is 15.7. The molecule has 0 rings (SSSR count). The Morgan fingerprint density at radius 3 is 2.00 bits per heavy atom. The van der Waals surface area contributed by atoms with Crippen molar-refractivity contribution in [1.29, 1.82) is 0 Å². The van der Waals surface area contributed by atoms with Crippen LogP contribution in [-0.2, 0) is 9.53 Å². The van der Waals surface area contributed by atoms with Crippen LogP contribution in [0.5, 0.6) is 0 Å². The number of esters is 1. The molecule has 2 heteroatoms. The molecule has 0 N–H and O–H groups in total. The molecular weight excluding hydrogens is 284 g/mol. The van der Waals surface area contributed by atoms with Gasteiger partial charge in [0.15, 0.2) is 0 Å². The van der Waals surface area contributed by atoms with Crippen molar-refractivity contribution >= 4 is 5.97 Å². The third-order valence-electron chi connectivity index (χ3n) is 3.71. The van der Waals surface area contributed by atoms with Crippen LogP contribution >= 0.6 is 0 Å². The Labute approximate surface area is 144 Å². The highest BCUT2D eigenvalue weighted by molar-refractivity contribution is 5.69. The second-order valence-corrected chi connectivity index (χ2v) is 6.49. The Morgan fingerprint density at radius 2 is 1.39 bits per heavy atom. The quantitative estimate of drug-likeness (QED) is 0.189. The molecule has 0 aromatic rings. The van der Waals surface area contributed by atoms with E-state index in [1.54, 1.807) is 0 Å². The molecule has 0 bridgehead atoms. The maximum absolute atomic E-state index is 11.4. The van der Waals surface area contributed by atoms with Gasteiger partial charge in [0, 0.05) is 6.42 Å². The minimum absolute atomic E-state index is 0.0187. The fourth-order valence-corrected chi connectivity index (χ4v) is 2.47. The minimum Gasteiger partial charge on any atom is -0.463 e. The predicted molar refractivity (Wildman–Crippen MR) is 101 cm³/mol. The second-order valence-electron chi connectivity index (χ2n) is 6.49. The normalized spacial score (nSPS) is 11.8. The summed E-state index contributed by atoms with van der Waals surface area (Å²) < 4.78 is 5.12. The van der Waals surface area contributed by atoms with Gasteiger partial charge in [0.05, 0.1) is 6.10 Å². The molecule has 0 atom stereocenters. The molecule has 0 radical (unpaired) electrons. The van der Waals surface area contributed by atoms with Crippen LogP contribution in [0.1, 0.15) is 97.8 Å². The molecule has 134 valence electrons. The number of ether oxygens (including phenoxy) is 1. The van der Waals surface area contributed by atoms with Crippen molar-refractivity contribution in [1.82, 2.24) is 0 Å². The molecule has 0 spiro atoms. The maximum Gasteiger partial charge on any atom is 0.306 e. The number of carbonyl (C=O) groups is 1. The van der Waals surface area contributed by atoms with Crippen molar-refractivity contribution in [2.45, 2.75) is 104 Å². The van der Waals surface area contributed by atoms with Crippen molar-refractivity contribution in [2.24, 2.45) is 0 Å². The first-order valence-corrected chi connectivity index (χ1v) is 9.66. The van der Waals surface area contributed by atoms with Gasteiger partial charge in [-0.2, -0.15) is 0 Å². The lowest BCUT2D eigenvalue weighted by Crippen LogP contribution is -2.10. The highest BCUT2D eigenvalue weighted by atomic mass is 16.5. The summed E-state index contributed by atoms with van der Waals surface area (Å²) in [7, 11) is 0. The Hall–Kier alpha value is -1.05. The van der Waals surface area contributed by atoms with Crippen LogP contribution in [0.4, 0.5) is 0 Å². The Bertz CT molecular complexity index is 316. The van der Waals surface area contributed by atoms with Crippen LogP contribution < -0.4 is 0 Å². The Morgan fingerprint density at radius 1 is 0.826 bits per heavy atom. The highest BCUT2D eigenvalue weighted by Crippen LogP contribution is 2.11. The van der Waals surface area contributed by atoms with Gasteiger partial charge < -0.3 is 4.74 Å². The molecule has 0 amide bonds. The van der Waals surface area contributed by atoms with Gasteiger partial charge in [-0.3, -0.25) is 4.79 Å². The number of hydrogen-bond acceptors (Lipinski definition) is 2. The summed E-state index contributed by atoms with van der Waals surface area (Å²) >= 11 is 0. The van der Waals surface area contributed by atoms with Crippen LogP contribution in [0, 0.1) is 0 Å². The molecule has 0 aliphatic carbocycles. The third kappa shape index (κ3) is 18.9. The van der Waals surface area contributed by atoms with Gasteiger partial charge in [0.1, 0.15) is 0 Å². The molecule has 0 heterocycles. The average molecular weight is 323 g/mol. The first-order chi connectivity index (χ1) is 11.2. The standard InChI is InChI=1S/C21H38O2/c1-4-5-6-7-8-9-10-11-12-13-14-15-16-17-18-19-21(22)23-20(2)3/h5-6,8-9,20H,4,7,10-19H2,1-3H3. The van der Waals surface area contributed by atoms with Crippen molar-refractivity contribution in [2.75, 3.05) is 0 Å². The smallest absolute Gasteiger partial charge is 0.306 e. The first-order valence-electron chi connectivity index (χ1n) is 9.66. The van der Waals surface area contributed by atoms with E-state index in [0.717, 1.165) is 25.7 Å². The monoisotopic (exact) mass is 322 g/mol. The van der Waals surface area contributed by atoms with E-state index in [-0.39, 0.29) is 12.1 Å². The molecule has 0 aliphatic rings. The van der Waals surface area contributed by atoms with Gasteiger partial charge in [-0.1, -0.05) is 69.8 Å². The molecule has 0 aliphatic heterocycles. The third-order valence-corrected chi connectivity index (χ3v) is 3.71. The van der Waals surface area contributed by atoms with Gasteiger partial charge >= 0.3 is 5.97 Å². The highest BCUT2D eigenvalue weighted by Gasteiger charge is 2.04. The molecule has 0 saturated carbocycles. The molecule has 0 unspecified atom stereocenters. The van der Waals surface area contributed by atoms with Gasteiger partial charge in [0.25, 0.3) is 0 Å². The van der Waals surface area contributed by atoms with E-state index in [4.69, 9.17) is 4.74 Å². The number of carbonyl (C=O) groups excluding carboxylic acids is 1. The largest absolute Gasteiger partial charge is 0.463 e. The van der Waals surface area contributed by atoms with Crippen molar-refractivity contribution in [3.63, 3.8) is 0 Å². The number of allylic oxidation sites excluding steroid dienone is 4. The topological polar surface area (TPSA) is 26.3 Å². The summed E-state index contributed by atoms with van der Waals surface area (Å²) in [5, 5.41) is 0. The van der Waals surface area contributed by atoms with E-state index in [0.29, 0.717) is 6.42 Å². The zero-order valence-corrected chi connectivity index (χ0v) is 15.7. The van der Waals surface area contributed by atoms with Gasteiger partial charge in [-0.05, 0) is 46.0 Å². The SMILES string of the molecule is CCC=CCC=CCCCCCCCCCCC(=O)OC(C)C. The van der Waals surface area contributed by atoms with E-state index < -0.39 is 0 Å². The van der Waals surface area contributed by atoms with Gasteiger partial charge in [0.2, 0.25) is 0 Å². The molecule has 23 heavy (non-hydrogen) atoms. The van der Waals surface area contributed by atoms with E-state index in [9.17, 15) is 4.79 Å². The molecule has 2 nitrogen and oxygen atoms in total. The number of hydrogen-bond donors (Lipinski definition) is 0. The van der Waals surface area contributed by atoms with Crippen molar-refractivity contribution in [3.05, 3.63) is 24.3 Å². The minimum atomic E-state index is -0.0433. The van der Waals surface area contributed by atoms with E-state index in [1.807, 2.05) is 13.8 Å². The van der Waals surface area contributed by atoms with Crippen molar-refractivity contribution in [3.8, 4) is 0 Å². The Kier molecular flexibility index (Phi) is 16.5. The van der Waals surface area contributed by atoms with Crippen molar-refractivity contribution < 1.29 is 9.53 Å². The molecule has 0 aromatic carbocycles. The first kappa shape index (κ1) is 21.9. The summed E-state index contributed by atoms with van der Waals surface area (Å²) in [4.78, 5) is 11.4. The lowest BCUT2D eigenvalue weighted by molar-refractivity contribution is -0.147. The number of unbranched alkanes of at least 4 members (excludes halogenated alkanes) is 8. The van der Waals surface area contributed by atoms with E-state index in [2.05, 4.69) is 31.2 Å². The summed E-state index contributed by atoms with van der Waals surface area (Å²) in [6.07, 6.45) is 23.1. The molecule has 0 fully saturated rings. The van der Waals surface area contributed by atoms with Gasteiger partial charge in [-0.25, -0.2) is 0 Å².